The van der Waals surface area contributed by atoms with Gasteiger partial charge in [-0.1, -0.05) is 13.8 Å². The van der Waals surface area contributed by atoms with Crippen LogP contribution in [-0.4, -0.2) is 30.5 Å². The lowest BCUT2D eigenvalue weighted by molar-refractivity contribution is -0.385. The fourth-order valence-electron chi connectivity index (χ4n) is 2.20. The number of nitro benzene ring substituents is 1. The summed E-state index contributed by atoms with van der Waals surface area (Å²) in [4.78, 5) is 21.3. The zero-order valence-corrected chi connectivity index (χ0v) is 14.2. The number of carbonyl (C=O) groups is 1. The van der Waals surface area contributed by atoms with Gasteiger partial charge in [-0.15, -0.1) is 0 Å². The lowest BCUT2D eigenvalue weighted by Gasteiger charge is -2.17. The number of benzene rings is 1. The van der Waals surface area contributed by atoms with Crippen molar-refractivity contribution in [1.82, 2.24) is 4.72 Å². The van der Waals surface area contributed by atoms with Crippen molar-refractivity contribution in [2.45, 2.75) is 45.1 Å². The number of hydrogen-bond donors (Lipinski definition) is 2. The number of nitrogens with one attached hydrogen (secondary N) is 1. The van der Waals surface area contributed by atoms with Crippen molar-refractivity contribution in [3.8, 4) is 0 Å². The van der Waals surface area contributed by atoms with Gasteiger partial charge in [0, 0.05) is 11.6 Å². The first-order chi connectivity index (χ1) is 10.5. The molecule has 0 heterocycles. The van der Waals surface area contributed by atoms with E-state index in [0.717, 1.165) is 0 Å². The average molecular weight is 344 g/mol. The first kappa shape index (κ1) is 19.0. The third kappa shape index (κ3) is 4.73. The predicted molar refractivity (Wildman–Crippen MR) is 83.8 cm³/mol. The first-order valence-electron chi connectivity index (χ1n) is 6.96. The maximum Gasteiger partial charge on any atom is 0.321 e. The molecule has 23 heavy (non-hydrogen) atoms. The Labute approximate surface area is 134 Å². The summed E-state index contributed by atoms with van der Waals surface area (Å²) in [6.45, 7) is 6.40. The number of rotatable bonds is 7. The summed E-state index contributed by atoms with van der Waals surface area (Å²) >= 11 is 0. The maximum absolute atomic E-state index is 12.5. The molecule has 0 bridgehead atoms. The normalized spacial score (nSPS) is 13.1. The molecule has 0 spiro atoms. The van der Waals surface area contributed by atoms with E-state index in [-0.39, 0.29) is 28.5 Å². The molecular formula is C14H20N2O6S. The zero-order chi connectivity index (χ0) is 17.9. The smallest absolute Gasteiger partial charge is 0.321 e. The molecule has 0 aliphatic rings. The van der Waals surface area contributed by atoms with Crippen molar-refractivity contribution in [2.75, 3.05) is 0 Å². The minimum absolute atomic E-state index is 0.0261. The molecule has 1 rings (SSSR count). The summed E-state index contributed by atoms with van der Waals surface area (Å²) in [5.74, 6) is -1.33. The van der Waals surface area contributed by atoms with Crippen molar-refractivity contribution < 1.29 is 23.2 Å². The predicted octanol–water partition coefficient (Wildman–Crippen LogP) is 1.99. The van der Waals surface area contributed by atoms with Crippen LogP contribution >= 0.6 is 0 Å². The molecule has 1 aromatic carbocycles. The number of sulfonamides is 1. The number of nitrogens with zero attached hydrogens (tertiary/aromatic N) is 1. The summed E-state index contributed by atoms with van der Waals surface area (Å²) in [6, 6.07) is 1.27. The number of carboxylic acids is 1. The Hall–Kier alpha value is -2.00. The largest absolute Gasteiger partial charge is 0.480 e. The Balaban J connectivity index is 3.33. The Morgan fingerprint density at radius 3 is 2.35 bits per heavy atom. The first-order valence-corrected chi connectivity index (χ1v) is 8.44. The fraction of sp³-hybridized carbons (Fsp3) is 0.500. The van der Waals surface area contributed by atoms with E-state index in [1.807, 2.05) is 0 Å². The second kappa shape index (κ2) is 7.05. The second-order valence-electron chi connectivity index (χ2n) is 5.81. The highest BCUT2D eigenvalue weighted by molar-refractivity contribution is 7.89. The summed E-state index contributed by atoms with van der Waals surface area (Å²) in [6.07, 6.45) is 0.113. The molecule has 1 atom stereocenters. The van der Waals surface area contributed by atoms with Gasteiger partial charge in [0.15, 0.2) is 0 Å². The van der Waals surface area contributed by atoms with Crippen molar-refractivity contribution in [2.24, 2.45) is 5.92 Å². The van der Waals surface area contributed by atoms with E-state index in [9.17, 15) is 23.3 Å². The molecule has 0 radical (unpaired) electrons. The van der Waals surface area contributed by atoms with Gasteiger partial charge in [-0.05, 0) is 37.8 Å². The summed E-state index contributed by atoms with van der Waals surface area (Å²) in [7, 11) is -4.19. The molecular weight excluding hydrogens is 324 g/mol. The van der Waals surface area contributed by atoms with Gasteiger partial charge in [0.1, 0.15) is 6.04 Å². The zero-order valence-electron chi connectivity index (χ0n) is 13.4. The van der Waals surface area contributed by atoms with Gasteiger partial charge in [0.2, 0.25) is 10.0 Å². The van der Waals surface area contributed by atoms with E-state index in [2.05, 4.69) is 4.72 Å². The molecule has 0 aliphatic heterocycles. The van der Waals surface area contributed by atoms with Crippen LogP contribution in [0.25, 0.3) is 0 Å². The van der Waals surface area contributed by atoms with Gasteiger partial charge >= 0.3 is 5.97 Å². The van der Waals surface area contributed by atoms with Crippen LogP contribution in [0.1, 0.15) is 31.4 Å². The number of hydrogen-bond acceptors (Lipinski definition) is 5. The van der Waals surface area contributed by atoms with E-state index in [1.54, 1.807) is 13.8 Å². The Bertz CT molecular complexity index is 727. The molecule has 0 aromatic heterocycles. The third-order valence-electron chi connectivity index (χ3n) is 3.27. The number of nitro groups is 1. The standard InChI is InChI=1S/C14H20N2O6S/c1-8(2)5-11(14(17)18)15-23(21,22)13-7-9(3)6-12(10(13)4)16(19)20/h6-8,11,15H,5H2,1-4H3,(H,17,18). The van der Waals surface area contributed by atoms with E-state index in [1.165, 1.54) is 26.0 Å². The topological polar surface area (TPSA) is 127 Å². The lowest BCUT2D eigenvalue weighted by atomic mass is 10.1. The second-order valence-corrected chi connectivity index (χ2v) is 7.49. The number of carboxylic acid groups (broad SMARTS) is 1. The molecule has 0 aliphatic carbocycles. The third-order valence-corrected chi connectivity index (χ3v) is 4.86. The fourth-order valence-corrected chi connectivity index (χ4v) is 3.74. The van der Waals surface area contributed by atoms with Crippen LogP contribution in [-0.2, 0) is 14.8 Å². The summed E-state index contributed by atoms with van der Waals surface area (Å²) < 4.78 is 27.1. The van der Waals surface area contributed by atoms with Crippen molar-refractivity contribution in [3.05, 3.63) is 33.4 Å². The molecule has 8 nitrogen and oxygen atoms in total. The summed E-state index contributed by atoms with van der Waals surface area (Å²) in [5.41, 5.74) is 0.0568. The van der Waals surface area contributed by atoms with Gasteiger partial charge in [0.05, 0.1) is 9.82 Å². The Morgan fingerprint density at radius 2 is 1.91 bits per heavy atom. The highest BCUT2D eigenvalue weighted by Gasteiger charge is 2.29. The van der Waals surface area contributed by atoms with E-state index < -0.39 is 27.0 Å². The highest BCUT2D eigenvalue weighted by atomic mass is 32.2. The van der Waals surface area contributed by atoms with Crippen LogP contribution in [0.4, 0.5) is 5.69 Å². The van der Waals surface area contributed by atoms with Crippen LogP contribution < -0.4 is 4.72 Å². The van der Waals surface area contributed by atoms with E-state index in [4.69, 9.17) is 5.11 Å². The Kier molecular flexibility index (Phi) is 5.84. The molecule has 2 N–H and O–H groups in total. The number of aliphatic carboxylic acids is 1. The quantitative estimate of drug-likeness (QED) is 0.575. The van der Waals surface area contributed by atoms with E-state index >= 15 is 0 Å². The average Bonchev–Trinajstić information content (AvgIpc) is 2.38. The van der Waals surface area contributed by atoms with Crippen molar-refractivity contribution in [3.63, 3.8) is 0 Å². The Morgan fingerprint density at radius 1 is 1.35 bits per heavy atom. The molecule has 0 fully saturated rings. The molecule has 0 amide bonds. The highest BCUT2D eigenvalue weighted by Crippen LogP contribution is 2.27. The van der Waals surface area contributed by atoms with Crippen LogP contribution in [0.5, 0.6) is 0 Å². The van der Waals surface area contributed by atoms with Crippen molar-refractivity contribution in [1.29, 1.82) is 0 Å². The molecule has 9 heteroatoms. The molecule has 1 unspecified atom stereocenters. The molecule has 128 valence electrons. The van der Waals surface area contributed by atoms with Crippen LogP contribution in [0, 0.1) is 29.9 Å². The van der Waals surface area contributed by atoms with Gasteiger partial charge in [-0.25, -0.2) is 8.42 Å². The molecule has 1 aromatic rings. The van der Waals surface area contributed by atoms with Gasteiger partial charge < -0.3 is 5.11 Å². The van der Waals surface area contributed by atoms with Crippen LogP contribution in [0.3, 0.4) is 0 Å². The minimum Gasteiger partial charge on any atom is -0.480 e. The van der Waals surface area contributed by atoms with E-state index in [0.29, 0.717) is 5.56 Å². The lowest BCUT2D eigenvalue weighted by Crippen LogP contribution is -2.41. The SMILES string of the molecule is Cc1cc([N+](=O)[O-])c(C)c(S(=O)(=O)NC(CC(C)C)C(=O)O)c1. The minimum atomic E-state index is -4.19. The molecule has 0 saturated carbocycles. The van der Waals surface area contributed by atoms with Crippen LogP contribution in [0.15, 0.2) is 17.0 Å². The van der Waals surface area contributed by atoms with Crippen molar-refractivity contribution >= 4 is 21.7 Å². The maximum atomic E-state index is 12.5. The molecule has 0 saturated heterocycles. The number of aryl methyl sites for hydroxylation is 1. The van der Waals surface area contributed by atoms with Crippen LogP contribution in [0.2, 0.25) is 0 Å². The summed E-state index contributed by atoms with van der Waals surface area (Å²) in [5, 5.41) is 20.2. The monoisotopic (exact) mass is 344 g/mol. The van der Waals surface area contributed by atoms with Gasteiger partial charge in [-0.2, -0.15) is 4.72 Å². The van der Waals surface area contributed by atoms with Gasteiger partial charge in [0.25, 0.3) is 5.69 Å². The van der Waals surface area contributed by atoms with Gasteiger partial charge in [-0.3, -0.25) is 14.9 Å².